The third kappa shape index (κ3) is 179. The Hall–Kier alpha value is -3.25. The van der Waals surface area contributed by atoms with E-state index in [2.05, 4.69) is 16.5 Å². The normalized spacial score (nSPS) is 7.21. The van der Waals surface area contributed by atoms with Gasteiger partial charge in [-0.05, 0) is 0 Å². The van der Waals surface area contributed by atoms with Gasteiger partial charge in [-0.2, -0.15) is 0 Å². The molecule has 0 aliphatic rings. The maximum atomic E-state index is 9.00. The van der Waals surface area contributed by atoms with Crippen LogP contribution in [-0.4, -0.2) is 67.4 Å². The number of hydrogen-bond donors (Lipinski definition) is 7. The molecule has 9 N–H and O–H groups in total. The number of nitrogens with two attached hydrogens (primary N) is 2. The van der Waals surface area contributed by atoms with E-state index in [0.717, 1.165) is 39.9 Å². The van der Waals surface area contributed by atoms with Gasteiger partial charge in [0.2, 0.25) is 0 Å². The SMILES string of the molecule is C=CCc1ncc[nH]1.CC(=O)O.CC(=O)O.CC(=O)O.CC(=O)O.NCCN. The minimum absolute atomic E-state index is 0.597. The predicted octanol–water partition coefficient (Wildman–Crippen LogP) is 0.406. The first-order valence-electron chi connectivity index (χ1n) is 7.55. The van der Waals surface area contributed by atoms with Gasteiger partial charge in [-0.25, -0.2) is 4.98 Å². The molecule has 0 radical (unpaired) electrons. The van der Waals surface area contributed by atoms with Crippen LogP contribution in [0.5, 0.6) is 0 Å². The number of hydrogen-bond acceptors (Lipinski definition) is 7. The Morgan fingerprint density at radius 3 is 1.36 bits per heavy atom. The van der Waals surface area contributed by atoms with E-state index in [0.29, 0.717) is 13.1 Å². The molecule has 0 aliphatic heterocycles. The van der Waals surface area contributed by atoms with Crippen molar-refractivity contribution in [2.75, 3.05) is 13.1 Å². The van der Waals surface area contributed by atoms with Gasteiger partial charge in [-0.1, -0.05) is 6.08 Å². The molecule has 164 valence electrons. The van der Waals surface area contributed by atoms with Crippen LogP contribution in [0.4, 0.5) is 0 Å². The van der Waals surface area contributed by atoms with Crippen molar-refractivity contribution < 1.29 is 39.6 Å². The third-order valence-electron chi connectivity index (χ3n) is 1.06. The fourth-order valence-electron chi connectivity index (χ4n) is 0.546. The average Bonchev–Trinajstić information content (AvgIpc) is 2.99. The fourth-order valence-corrected chi connectivity index (χ4v) is 0.546. The van der Waals surface area contributed by atoms with Crippen LogP contribution in [0.15, 0.2) is 25.0 Å². The van der Waals surface area contributed by atoms with Crippen molar-refractivity contribution in [3.05, 3.63) is 30.9 Å². The van der Waals surface area contributed by atoms with Crippen molar-refractivity contribution in [2.45, 2.75) is 34.1 Å². The zero-order chi connectivity index (χ0) is 23.5. The third-order valence-corrected chi connectivity index (χ3v) is 1.06. The number of aromatic nitrogens is 2. The molecule has 1 aromatic heterocycles. The lowest BCUT2D eigenvalue weighted by Gasteiger charge is -1.82. The molecule has 0 saturated heterocycles. The van der Waals surface area contributed by atoms with E-state index in [9.17, 15) is 0 Å². The molecule has 0 atom stereocenters. The number of nitrogens with one attached hydrogen (secondary N) is 1. The molecule has 0 aromatic carbocycles. The van der Waals surface area contributed by atoms with Gasteiger partial charge in [0.25, 0.3) is 23.9 Å². The predicted molar refractivity (Wildman–Crippen MR) is 104 cm³/mol. The second kappa shape index (κ2) is 31.5. The molecule has 0 spiro atoms. The van der Waals surface area contributed by atoms with Gasteiger partial charge >= 0.3 is 0 Å². The zero-order valence-corrected chi connectivity index (χ0v) is 16.6. The van der Waals surface area contributed by atoms with Gasteiger partial charge in [-0.3, -0.25) is 19.2 Å². The molecule has 0 unspecified atom stereocenters. The number of H-pyrrole nitrogens is 1. The molecule has 12 heteroatoms. The molecule has 28 heavy (non-hydrogen) atoms. The Kier molecular flexibility index (Phi) is 40.3. The summed E-state index contributed by atoms with van der Waals surface area (Å²) in [6.45, 7) is 9.10. The number of nitrogens with zero attached hydrogens (tertiary/aromatic N) is 1. The fraction of sp³-hybridized carbons (Fsp3) is 0.438. The van der Waals surface area contributed by atoms with Crippen LogP contribution >= 0.6 is 0 Å². The monoisotopic (exact) mass is 408 g/mol. The molecular weight excluding hydrogens is 376 g/mol. The number of aliphatic carboxylic acids is 4. The van der Waals surface area contributed by atoms with E-state index in [1.807, 2.05) is 6.08 Å². The largest absolute Gasteiger partial charge is 0.481 e. The molecule has 12 nitrogen and oxygen atoms in total. The van der Waals surface area contributed by atoms with Gasteiger partial charge in [0.1, 0.15) is 5.82 Å². The van der Waals surface area contributed by atoms with Crippen LogP contribution < -0.4 is 11.5 Å². The molecular formula is C16H32N4O8. The highest BCUT2D eigenvalue weighted by Gasteiger charge is 1.85. The molecule has 1 rings (SSSR count). The summed E-state index contributed by atoms with van der Waals surface area (Å²) in [5, 5.41) is 29.7. The van der Waals surface area contributed by atoms with Gasteiger partial charge < -0.3 is 36.9 Å². The van der Waals surface area contributed by atoms with Crippen LogP contribution in [0.25, 0.3) is 0 Å². The first-order chi connectivity index (χ1) is 12.8. The number of rotatable bonds is 3. The Morgan fingerprint density at radius 2 is 1.21 bits per heavy atom. The van der Waals surface area contributed by atoms with Crippen LogP contribution in [0.2, 0.25) is 0 Å². The first kappa shape index (κ1) is 35.8. The summed E-state index contributed by atoms with van der Waals surface area (Å²) < 4.78 is 0. The summed E-state index contributed by atoms with van der Waals surface area (Å²) in [5.74, 6) is -2.36. The highest BCUT2D eigenvalue weighted by Crippen LogP contribution is 1.88. The molecule has 0 bridgehead atoms. The molecule has 0 fully saturated rings. The summed E-state index contributed by atoms with van der Waals surface area (Å²) in [5.41, 5.74) is 9.81. The van der Waals surface area contributed by atoms with Crippen LogP contribution in [0, 0.1) is 0 Å². The van der Waals surface area contributed by atoms with E-state index in [1.165, 1.54) is 0 Å². The second-order valence-corrected chi connectivity index (χ2v) is 4.18. The minimum atomic E-state index is -0.833. The number of carboxylic acid groups (broad SMARTS) is 4. The van der Waals surface area contributed by atoms with Gasteiger partial charge in [0.15, 0.2) is 0 Å². The summed E-state index contributed by atoms with van der Waals surface area (Å²) in [4.78, 5) is 42.9. The first-order valence-corrected chi connectivity index (χ1v) is 7.55. The number of allylic oxidation sites excluding steroid dienone is 1. The van der Waals surface area contributed by atoms with E-state index in [4.69, 9.17) is 51.1 Å². The molecule has 0 amide bonds. The second-order valence-electron chi connectivity index (χ2n) is 4.18. The summed E-state index contributed by atoms with van der Waals surface area (Å²) in [7, 11) is 0. The van der Waals surface area contributed by atoms with Crippen molar-refractivity contribution in [3.8, 4) is 0 Å². The molecule has 0 aliphatic carbocycles. The number of imidazole rings is 1. The van der Waals surface area contributed by atoms with E-state index in [1.54, 1.807) is 12.4 Å². The Bertz CT molecular complexity index is 439. The lowest BCUT2D eigenvalue weighted by atomic mass is 10.4. The minimum Gasteiger partial charge on any atom is -0.481 e. The number of carbonyl (C=O) groups is 4. The maximum Gasteiger partial charge on any atom is 0.300 e. The van der Waals surface area contributed by atoms with Crippen LogP contribution in [-0.2, 0) is 25.6 Å². The highest BCUT2D eigenvalue weighted by molar-refractivity contribution is 5.63. The Morgan fingerprint density at radius 1 is 0.929 bits per heavy atom. The number of aromatic amines is 1. The van der Waals surface area contributed by atoms with Crippen molar-refractivity contribution in [1.82, 2.24) is 9.97 Å². The van der Waals surface area contributed by atoms with Crippen molar-refractivity contribution >= 4 is 23.9 Å². The van der Waals surface area contributed by atoms with Crippen LogP contribution in [0.3, 0.4) is 0 Å². The van der Waals surface area contributed by atoms with Gasteiger partial charge in [-0.15, -0.1) is 6.58 Å². The van der Waals surface area contributed by atoms with Crippen molar-refractivity contribution in [1.29, 1.82) is 0 Å². The Labute approximate surface area is 163 Å². The zero-order valence-electron chi connectivity index (χ0n) is 16.6. The van der Waals surface area contributed by atoms with Crippen LogP contribution in [0.1, 0.15) is 33.5 Å². The summed E-state index contributed by atoms with van der Waals surface area (Å²) in [6, 6.07) is 0. The number of carboxylic acids is 4. The Balaban J connectivity index is -0.0000000786. The van der Waals surface area contributed by atoms with Crippen molar-refractivity contribution in [3.63, 3.8) is 0 Å². The quantitative estimate of drug-likeness (QED) is 0.338. The van der Waals surface area contributed by atoms with E-state index < -0.39 is 23.9 Å². The standard InChI is InChI=1S/C6H8N2.C2H8N2.4C2H4O2/c1-2-3-6-7-4-5-8-6;3-1-2-4;4*1-2(3)4/h2,4-5H,1,3H2,(H,7,8);1-4H2;4*1H3,(H,3,4). The smallest absolute Gasteiger partial charge is 0.300 e. The maximum absolute atomic E-state index is 9.00. The summed E-state index contributed by atoms with van der Waals surface area (Å²) >= 11 is 0. The average molecular weight is 408 g/mol. The van der Waals surface area contributed by atoms with E-state index >= 15 is 0 Å². The van der Waals surface area contributed by atoms with Gasteiger partial charge in [0.05, 0.1) is 0 Å². The summed E-state index contributed by atoms with van der Waals surface area (Å²) in [6.07, 6.45) is 6.18. The topological polar surface area (TPSA) is 230 Å². The molecule has 0 saturated carbocycles. The molecule has 1 aromatic rings. The van der Waals surface area contributed by atoms with Gasteiger partial charge in [0, 0.05) is 59.6 Å². The molecule has 1 heterocycles. The van der Waals surface area contributed by atoms with E-state index in [-0.39, 0.29) is 0 Å². The van der Waals surface area contributed by atoms with Crippen molar-refractivity contribution in [2.24, 2.45) is 11.5 Å². The lowest BCUT2D eigenvalue weighted by molar-refractivity contribution is -0.135. The highest BCUT2D eigenvalue weighted by atomic mass is 16.4. The lowest BCUT2D eigenvalue weighted by Crippen LogP contribution is -2.11.